The third kappa shape index (κ3) is 5.92. The zero-order valence-electron chi connectivity index (χ0n) is 5.82. The molecule has 0 saturated carbocycles. The lowest BCUT2D eigenvalue weighted by atomic mass is 10.1. The third-order valence-corrected chi connectivity index (χ3v) is 1.20. The van der Waals surface area contributed by atoms with E-state index in [0.717, 1.165) is 6.54 Å². The molecule has 1 atom stereocenters. The topological polar surface area (TPSA) is 55.3 Å². The molecule has 0 aliphatic heterocycles. The van der Waals surface area contributed by atoms with E-state index >= 15 is 0 Å². The largest absolute Gasteiger partial charge is 0.358 e. The van der Waals surface area contributed by atoms with E-state index in [0.29, 0.717) is 6.04 Å². The van der Waals surface area contributed by atoms with E-state index in [1.807, 2.05) is 0 Å². The summed E-state index contributed by atoms with van der Waals surface area (Å²) in [5.41, 5.74) is 7.65. The van der Waals surface area contributed by atoms with E-state index in [2.05, 4.69) is 18.4 Å². The average molecular weight is 118 g/mol. The Morgan fingerprint density at radius 3 is 2.38 bits per heavy atom. The number of unbranched alkanes of at least 4 members (excludes halogenated alkanes) is 1. The number of rotatable bonds is 4. The molecule has 50 valence electrons. The monoisotopic (exact) mass is 118 g/mol. The summed E-state index contributed by atoms with van der Waals surface area (Å²) in [5.74, 6) is 0. The highest BCUT2D eigenvalue weighted by molar-refractivity contribution is 4.44. The second kappa shape index (κ2) is 5.06. The summed E-state index contributed by atoms with van der Waals surface area (Å²) in [5, 5.41) is 0. The maximum Gasteiger partial charge on any atom is 0.0815 e. The van der Waals surface area contributed by atoms with Crippen LogP contribution in [-0.4, -0.2) is 12.6 Å². The molecule has 0 aliphatic carbocycles. The molecule has 0 aliphatic rings. The quantitative estimate of drug-likeness (QED) is 0.446. The van der Waals surface area contributed by atoms with Crippen molar-refractivity contribution >= 4 is 0 Å². The van der Waals surface area contributed by atoms with Crippen LogP contribution in [0.2, 0.25) is 0 Å². The van der Waals surface area contributed by atoms with Crippen LogP contribution in [0.25, 0.3) is 0 Å². The summed E-state index contributed by atoms with van der Waals surface area (Å²) in [7, 11) is 0. The highest BCUT2D eigenvalue weighted by Gasteiger charge is 1.95. The molecule has 0 saturated heterocycles. The second-order valence-electron chi connectivity index (χ2n) is 2.45. The van der Waals surface area contributed by atoms with E-state index in [4.69, 9.17) is 0 Å². The molecule has 2 heteroatoms. The van der Waals surface area contributed by atoms with Gasteiger partial charge in [-0.1, -0.05) is 0 Å². The summed E-state index contributed by atoms with van der Waals surface area (Å²) in [4.78, 5) is 0. The SMILES string of the molecule is CC([NH3+])CCCC[NH3+]. The molecule has 2 nitrogen and oxygen atoms in total. The Hall–Kier alpha value is -0.0800. The lowest BCUT2D eigenvalue weighted by Gasteiger charge is -1.97. The smallest absolute Gasteiger partial charge is 0.0815 e. The van der Waals surface area contributed by atoms with Crippen molar-refractivity contribution in [2.75, 3.05) is 6.54 Å². The minimum absolute atomic E-state index is 0.626. The Morgan fingerprint density at radius 1 is 1.38 bits per heavy atom. The maximum atomic E-state index is 3.89. The molecule has 0 heterocycles. The van der Waals surface area contributed by atoms with Gasteiger partial charge in [-0.05, 0) is 26.2 Å². The predicted octanol–water partition coefficient (Wildman–Crippen LogP) is -0.971. The fourth-order valence-electron chi connectivity index (χ4n) is 0.670. The van der Waals surface area contributed by atoms with E-state index in [1.54, 1.807) is 0 Å². The predicted molar refractivity (Wildman–Crippen MR) is 34.0 cm³/mol. The van der Waals surface area contributed by atoms with Crippen LogP contribution in [0.5, 0.6) is 0 Å². The fourth-order valence-corrected chi connectivity index (χ4v) is 0.670. The van der Waals surface area contributed by atoms with Crippen molar-refractivity contribution in [1.29, 1.82) is 0 Å². The fraction of sp³-hybridized carbons (Fsp3) is 1.00. The summed E-state index contributed by atoms with van der Waals surface area (Å²) in [6.45, 7) is 3.23. The molecule has 0 spiro atoms. The highest BCUT2D eigenvalue weighted by atomic mass is 14.6. The Bertz CT molecular complexity index is 43.8. The van der Waals surface area contributed by atoms with Crippen LogP contribution < -0.4 is 11.5 Å². The van der Waals surface area contributed by atoms with Gasteiger partial charge in [-0.3, -0.25) is 0 Å². The van der Waals surface area contributed by atoms with Crippen molar-refractivity contribution in [3.05, 3.63) is 0 Å². The van der Waals surface area contributed by atoms with Crippen molar-refractivity contribution in [2.24, 2.45) is 0 Å². The van der Waals surface area contributed by atoms with Gasteiger partial charge in [-0.15, -0.1) is 0 Å². The first-order valence-corrected chi connectivity index (χ1v) is 3.39. The van der Waals surface area contributed by atoms with Crippen molar-refractivity contribution in [3.63, 3.8) is 0 Å². The molecular weight excluding hydrogens is 100 g/mol. The van der Waals surface area contributed by atoms with Crippen LogP contribution in [0.1, 0.15) is 26.2 Å². The lowest BCUT2D eigenvalue weighted by Crippen LogP contribution is -2.59. The highest BCUT2D eigenvalue weighted by Crippen LogP contribution is 1.93. The molecule has 0 radical (unpaired) electrons. The van der Waals surface area contributed by atoms with E-state index < -0.39 is 0 Å². The van der Waals surface area contributed by atoms with Gasteiger partial charge in [0.05, 0.1) is 12.6 Å². The summed E-state index contributed by atoms with van der Waals surface area (Å²) >= 11 is 0. The van der Waals surface area contributed by atoms with Crippen LogP contribution in [0.4, 0.5) is 0 Å². The molecule has 8 heavy (non-hydrogen) atoms. The molecule has 0 aromatic rings. The minimum Gasteiger partial charge on any atom is -0.358 e. The van der Waals surface area contributed by atoms with Crippen LogP contribution >= 0.6 is 0 Å². The Labute approximate surface area is 51.2 Å². The second-order valence-corrected chi connectivity index (χ2v) is 2.45. The van der Waals surface area contributed by atoms with E-state index in [1.165, 1.54) is 19.3 Å². The first-order chi connectivity index (χ1) is 3.77. The molecule has 6 N–H and O–H groups in total. The summed E-state index contributed by atoms with van der Waals surface area (Å²) in [6.07, 6.45) is 3.82. The minimum atomic E-state index is 0.626. The van der Waals surface area contributed by atoms with Gasteiger partial charge in [-0.25, -0.2) is 0 Å². The summed E-state index contributed by atoms with van der Waals surface area (Å²) < 4.78 is 0. The van der Waals surface area contributed by atoms with Crippen LogP contribution in [0.15, 0.2) is 0 Å². The van der Waals surface area contributed by atoms with Gasteiger partial charge in [0.25, 0.3) is 0 Å². The van der Waals surface area contributed by atoms with Crippen LogP contribution in [0, 0.1) is 0 Å². The van der Waals surface area contributed by atoms with Gasteiger partial charge in [0.2, 0.25) is 0 Å². The van der Waals surface area contributed by atoms with Gasteiger partial charge in [0, 0.05) is 0 Å². The Kier molecular flexibility index (Phi) is 5.01. The van der Waals surface area contributed by atoms with Crippen molar-refractivity contribution in [3.8, 4) is 0 Å². The molecule has 1 unspecified atom stereocenters. The number of hydrogen-bond acceptors (Lipinski definition) is 0. The van der Waals surface area contributed by atoms with Gasteiger partial charge >= 0.3 is 0 Å². The third-order valence-electron chi connectivity index (χ3n) is 1.20. The van der Waals surface area contributed by atoms with Crippen LogP contribution in [-0.2, 0) is 0 Å². The van der Waals surface area contributed by atoms with Crippen molar-refractivity contribution in [2.45, 2.75) is 32.2 Å². The van der Waals surface area contributed by atoms with E-state index in [9.17, 15) is 0 Å². The lowest BCUT2D eigenvalue weighted by molar-refractivity contribution is -0.416. The van der Waals surface area contributed by atoms with Crippen LogP contribution in [0.3, 0.4) is 0 Å². The first kappa shape index (κ1) is 7.92. The van der Waals surface area contributed by atoms with Gasteiger partial charge in [0.15, 0.2) is 0 Å². The zero-order chi connectivity index (χ0) is 6.41. The summed E-state index contributed by atoms with van der Waals surface area (Å²) in [6, 6.07) is 0.626. The first-order valence-electron chi connectivity index (χ1n) is 3.39. The van der Waals surface area contributed by atoms with Crippen molar-refractivity contribution < 1.29 is 11.5 Å². The Balaban J connectivity index is 2.72. The molecule has 0 aromatic heterocycles. The average Bonchev–Trinajstić information content (AvgIpc) is 1.66. The number of quaternary nitrogens is 2. The Morgan fingerprint density at radius 2 is 2.00 bits per heavy atom. The molecule has 0 fully saturated rings. The van der Waals surface area contributed by atoms with Crippen molar-refractivity contribution in [1.82, 2.24) is 0 Å². The molecule has 0 rings (SSSR count). The zero-order valence-corrected chi connectivity index (χ0v) is 5.82. The normalized spacial score (nSPS) is 13.9. The molecular formula is C6H18N2+2. The van der Waals surface area contributed by atoms with E-state index in [-0.39, 0.29) is 0 Å². The van der Waals surface area contributed by atoms with Gasteiger partial charge in [-0.2, -0.15) is 0 Å². The molecule has 0 aromatic carbocycles. The molecule has 0 bridgehead atoms. The van der Waals surface area contributed by atoms with Gasteiger partial charge < -0.3 is 11.5 Å². The number of hydrogen-bond donors (Lipinski definition) is 2. The standard InChI is InChI=1S/C6H16N2/c1-6(8)4-2-3-5-7/h6H,2-5,7-8H2,1H3/p+2. The van der Waals surface area contributed by atoms with Gasteiger partial charge in [0.1, 0.15) is 0 Å². The maximum absolute atomic E-state index is 3.89. The molecule has 0 amide bonds.